The highest BCUT2D eigenvalue weighted by Gasteiger charge is 2.05. The lowest BCUT2D eigenvalue weighted by molar-refractivity contribution is 1.54. The Hall–Kier alpha value is -5.34. The Bertz CT molecular complexity index is 2350. The summed E-state index contributed by atoms with van der Waals surface area (Å²) in [5, 5.41) is 9.37. The highest BCUT2D eigenvalue weighted by Crippen LogP contribution is 2.31. The Morgan fingerprint density at radius 1 is 0.350 bits per heavy atom. The lowest BCUT2D eigenvalue weighted by atomic mass is 10.00. The van der Waals surface area contributed by atoms with Gasteiger partial charge in [0.25, 0.3) is 0 Å². The molecule has 2 heteroatoms. The molecule has 0 spiro atoms. The number of benzene rings is 7. The summed E-state index contributed by atoms with van der Waals surface area (Å²) in [6, 6.07) is 18.5. The van der Waals surface area contributed by atoms with Gasteiger partial charge < -0.3 is 10.6 Å². The van der Waals surface area contributed by atoms with E-state index in [1.54, 1.807) is 24.3 Å². The van der Waals surface area contributed by atoms with Crippen molar-refractivity contribution in [2.24, 2.45) is 0 Å². The number of nitrogens with one attached hydrogen (secondary N) is 2. The quantitative estimate of drug-likeness (QED) is 0.226. The van der Waals surface area contributed by atoms with Crippen molar-refractivity contribution in [1.29, 1.82) is 0 Å². The topological polar surface area (TPSA) is 24.1 Å². The summed E-state index contributed by atoms with van der Waals surface area (Å²) in [6.45, 7) is 0. The van der Waals surface area contributed by atoms with Crippen molar-refractivity contribution in [3.8, 4) is 22.3 Å². The van der Waals surface area contributed by atoms with Crippen molar-refractivity contribution in [2.75, 3.05) is 10.6 Å². The molecule has 190 valence electrons. The molecule has 2 N–H and O–H groups in total. The van der Waals surface area contributed by atoms with Gasteiger partial charge in [-0.1, -0.05) is 121 Å². The number of rotatable bonds is 6. The molecule has 7 aromatic rings. The molecular formula is C38H28N2. The molecular weight excluding hydrogens is 484 g/mol. The van der Waals surface area contributed by atoms with Crippen LogP contribution in [0.2, 0.25) is 0 Å². The monoisotopic (exact) mass is 524 g/mol. The molecule has 0 amide bonds. The zero-order valence-corrected chi connectivity index (χ0v) is 21.1. The van der Waals surface area contributed by atoms with Gasteiger partial charge in [-0.05, 0) is 69.3 Å². The van der Waals surface area contributed by atoms with Gasteiger partial charge in [0.15, 0.2) is 0 Å². The molecule has 40 heavy (non-hydrogen) atoms. The van der Waals surface area contributed by atoms with E-state index in [2.05, 4.69) is 10.6 Å². The normalized spacial score (nSPS) is 15.2. The predicted octanol–water partition coefficient (Wildman–Crippen LogP) is 10.8. The van der Waals surface area contributed by atoms with Crippen LogP contribution in [0.1, 0.15) is 16.4 Å². The maximum atomic E-state index is 8.91. The zero-order chi connectivity index (χ0) is 37.2. The molecule has 0 atom stereocenters. The van der Waals surface area contributed by atoms with Gasteiger partial charge in [0.2, 0.25) is 0 Å². The molecule has 0 heterocycles. The molecule has 0 aromatic heterocycles. The summed E-state index contributed by atoms with van der Waals surface area (Å²) in [7, 11) is 0. The van der Waals surface area contributed by atoms with E-state index in [0.717, 1.165) is 21.5 Å². The SMILES string of the molecule is [2H]c1c([2H])c(-c2c([2H])c([2H])c(-c3c([2H])c([2H])c(Nc4cccc5ccccc45)c([2H])c3[2H])c([2H])c2[2H])c([2H])c([2H])c1Nc1cccc2ccccc12. The average molecular weight is 525 g/mol. The van der Waals surface area contributed by atoms with E-state index in [1.807, 2.05) is 60.7 Å². The number of hydrogen-bond donors (Lipinski definition) is 2. The molecule has 7 aromatic carbocycles. The van der Waals surface area contributed by atoms with E-state index >= 15 is 0 Å². The predicted molar refractivity (Wildman–Crippen MR) is 172 cm³/mol. The number of hydrogen-bond acceptors (Lipinski definition) is 2. The van der Waals surface area contributed by atoms with Crippen molar-refractivity contribution >= 4 is 44.3 Å². The summed E-state index contributed by atoms with van der Waals surface area (Å²) in [4.78, 5) is 0. The Morgan fingerprint density at radius 3 is 1.07 bits per heavy atom. The third-order valence-corrected chi connectivity index (χ3v) is 6.47. The van der Waals surface area contributed by atoms with Gasteiger partial charge in [-0.3, -0.25) is 0 Å². The van der Waals surface area contributed by atoms with Crippen molar-refractivity contribution in [3.05, 3.63) is 157 Å². The molecule has 0 radical (unpaired) electrons. The van der Waals surface area contributed by atoms with Crippen molar-refractivity contribution in [2.45, 2.75) is 0 Å². The van der Waals surface area contributed by atoms with Crippen LogP contribution >= 0.6 is 0 Å². The van der Waals surface area contributed by atoms with Gasteiger partial charge in [0.05, 0.1) is 16.4 Å². The van der Waals surface area contributed by atoms with E-state index < -0.39 is 94.8 Å². The largest absolute Gasteiger partial charge is 0.355 e. The fraction of sp³-hybridized carbons (Fsp3) is 0. The maximum absolute atomic E-state index is 8.91. The van der Waals surface area contributed by atoms with Gasteiger partial charge >= 0.3 is 0 Å². The zero-order valence-electron chi connectivity index (χ0n) is 33.1. The van der Waals surface area contributed by atoms with Crippen LogP contribution in [0.15, 0.2) is 157 Å². The molecule has 0 fully saturated rings. The summed E-state index contributed by atoms with van der Waals surface area (Å²) in [5.74, 6) is 0. The van der Waals surface area contributed by atoms with Crippen LogP contribution in [0.4, 0.5) is 22.7 Å². The van der Waals surface area contributed by atoms with Crippen LogP contribution in [0.3, 0.4) is 0 Å². The Morgan fingerprint density at radius 2 is 0.675 bits per heavy atom. The third kappa shape index (κ3) is 4.79. The second-order valence-corrected chi connectivity index (χ2v) is 9.05. The Labute approximate surface area is 251 Å². The van der Waals surface area contributed by atoms with Crippen molar-refractivity contribution in [3.63, 3.8) is 0 Å². The first kappa shape index (κ1) is 14.2. The molecule has 0 bridgehead atoms. The van der Waals surface area contributed by atoms with Crippen LogP contribution in [0.5, 0.6) is 0 Å². The smallest absolute Gasteiger partial charge is 0.0645 e. The molecule has 2 nitrogen and oxygen atoms in total. The summed E-state index contributed by atoms with van der Waals surface area (Å²) >= 11 is 0. The molecule has 0 saturated heterocycles. The minimum Gasteiger partial charge on any atom is -0.355 e. The van der Waals surface area contributed by atoms with E-state index in [9.17, 15) is 0 Å². The minimum atomic E-state index is -0.721. The number of anilines is 4. The highest BCUT2D eigenvalue weighted by atomic mass is 14.9. The standard InChI is InChI=1S/C38H28N2/c1-3-11-35-31(7-1)9-5-13-37(35)39-33-23-19-29(20-24-33)27-15-17-28(18-16-27)30-21-25-34(26-22-30)40-38-14-6-10-32-8-2-4-12-36(32)38/h1-26,39-40H/i15D,16D,17D,18D,19D,20D,21D,22D,23D,24D,25D,26D. The fourth-order valence-corrected chi connectivity index (χ4v) is 4.50. The first-order valence-electron chi connectivity index (χ1n) is 18.6. The van der Waals surface area contributed by atoms with Crippen LogP contribution < -0.4 is 10.6 Å². The van der Waals surface area contributed by atoms with Crippen molar-refractivity contribution < 1.29 is 16.4 Å². The maximum Gasteiger partial charge on any atom is 0.0645 e. The first-order chi connectivity index (χ1) is 24.8. The van der Waals surface area contributed by atoms with E-state index in [-0.39, 0.29) is 11.4 Å². The van der Waals surface area contributed by atoms with Crippen LogP contribution in [0, 0.1) is 0 Å². The molecule has 0 aliphatic heterocycles. The Kier molecular flexibility index (Phi) is 3.69. The summed E-state index contributed by atoms with van der Waals surface area (Å²) in [6.07, 6.45) is 0. The van der Waals surface area contributed by atoms with Gasteiger partial charge in [0, 0.05) is 33.5 Å². The van der Waals surface area contributed by atoms with Gasteiger partial charge in [-0.2, -0.15) is 0 Å². The third-order valence-electron chi connectivity index (χ3n) is 6.47. The molecule has 0 aliphatic rings. The molecule has 0 aliphatic carbocycles. The van der Waals surface area contributed by atoms with Crippen LogP contribution in [-0.2, 0) is 0 Å². The van der Waals surface area contributed by atoms with Crippen molar-refractivity contribution in [1.82, 2.24) is 0 Å². The summed E-state index contributed by atoms with van der Waals surface area (Å²) in [5.41, 5.74) is -1.07. The van der Waals surface area contributed by atoms with Gasteiger partial charge in [-0.25, -0.2) is 0 Å². The van der Waals surface area contributed by atoms with E-state index in [4.69, 9.17) is 16.4 Å². The molecule has 0 unspecified atom stereocenters. The lowest BCUT2D eigenvalue weighted by Gasteiger charge is -2.12. The fourth-order valence-electron chi connectivity index (χ4n) is 4.50. The number of fused-ring (bicyclic) bond motifs is 2. The highest BCUT2D eigenvalue weighted by molar-refractivity contribution is 5.96. The van der Waals surface area contributed by atoms with Gasteiger partial charge in [0.1, 0.15) is 0 Å². The molecule has 0 saturated carbocycles. The van der Waals surface area contributed by atoms with Crippen LogP contribution in [0.25, 0.3) is 43.8 Å². The average Bonchev–Trinajstić information content (AvgIpc) is 3.15. The molecule has 7 rings (SSSR count). The first-order valence-corrected chi connectivity index (χ1v) is 12.6. The second kappa shape index (κ2) is 10.4. The van der Waals surface area contributed by atoms with E-state index in [0.29, 0.717) is 11.4 Å². The van der Waals surface area contributed by atoms with Crippen LogP contribution in [-0.4, -0.2) is 0 Å². The second-order valence-electron chi connectivity index (χ2n) is 9.05. The Balaban J connectivity index is 1.35. The minimum absolute atomic E-state index is 0.136. The van der Waals surface area contributed by atoms with E-state index in [1.165, 1.54) is 0 Å². The van der Waals surface area contributed by atoms with Gasteiger partial charge in [-0.15, -0.1) is 0 Å². The lowest BCUT2D eigenvalue weighted by Crippen LogP contribution is -1.91. The summed E-state index contributed by atoms with van der Waals surface area (Å²) < 4.78 is 106.